The second-order valence-corrected chi connectivity index (χ2v) is 12.3. The Hall–Kier alpha value is -5.09. The van der Waals surface area contributed by atoms with Crippen LogP contribution in [0.2, 0.25) is 0 Å². The highest BCUT2D eigenvalue weighted by atomic mass is 16.1. The average molecular weight is 560 g/mol. The molecule has 0 fully saturated rings. The van der Waals surface area contributed by atoms with Gasteiger partial charge in [0.05, 0.1) is 11.1 Å². The SMILES string of the molecule is Cn1cc(C(=O)c2cc(C(C)(C)C)cc(C3(c4ccccc4)c4ccccc4-c4ccccc43)n2)nc1-c1ccccc1. The third-order valence-electron chi connectivity index (χ3n) is 8.61. The van der Waals surface area contributed by atoms with Crippen LogP contribution in [0, 0.1) is 0 Å². The molecule has 4 aromatic carbocycles. The monoisotopic (exact) mass is 559 g/mol. The van der Waals surface area contributed by atoms with Crippen LogP contribution in [0.15, 0.2) is 128 Å². The van der Waals surface area contributed by atoms with Crippen LogP contribution in [0.4, 0.5) is 0 Å². The number of carbonyl (C=O) groups excluding carboxylic acids is 1. The molecule has 0 radical (unpaired) electrons. The predicted octanol–water partition coefficient (Wildman–Crippen LogP) is 8.37. The van der Waals surface area contributed by atoms with Gasteiger partial charge in [0, 0.05) is 18.8 Å². The van der Waals surface area contributed by atoms with E-state index in [1.165, 1.54) is 22.3 Å². The third-order valence-corrected chi connectivity index (χ3v) is 8.61. The number of pyridine rings is 1. The van der Waals surface area contributed by atoms with E-state index in [9.17, 15) is 4.79 Å². The van der Waals surface area contributed by atoms with Crippen molar-refractivity contribution in [2.45, 2.75) is 31.6 Å². The van der Waals surface area contributed by atoms with Crippen molar-refractivity contribution in [3.63, 3.8) is 0 Å². The van der Waals surface area contributed by atoms with Crippen molar-refractivity contribution in [2.75, 3.05) is 0 Å². The summed E-state index contributed by atoms with van der Waals surface area (Å²) < 4.78 is 1.91. The summed E-state index contributed by atoms with van der Waals surface area (Å²) >= 11 is 0. The van der Waals surface area contributed by atoms with E-state index < -0.39 is 5.41 Å². The molecule has 2 aromatic heterocycles. The highest BCUT2D eigenvalue weighted by molar-refractivity contribution is 6.07. The van der Waals surface area contributed by atoms with E-state index in [-0.39, 0.29) is 11.2 Å². The second kappa shape index (κ2) is 10.0. The fraction of sp³-hybridized carbons (Fsp3) is 0.154. The fourth-order valence-electron chi connectivity index (χ4n) is 6.49. The van der Waals surface area contributed by atoms with E-state index in [1.807, 2.05) is 60.3 Å². The molecule has 4 heteroatoms. The van der Waals surface area contributed by atoms with Crippen LogP contribution in [-0.2, 0) is 17.9 Å². The third kappa shape index (κ3) is 4.25. The lowest BCUT2D eigenvalue weighted by atomic mass is 9.69. The molecule has 0 spiro atoms. The zero-order valence-electron chi connectivity index (χ0n) is 24.9. The van der Waals surface area contributed by atoms with Crippen molar-refractivity contribution < 1.29 is 4.79 Å². The summed E-state index contributed by atoms with van der Waals surface area (Å²) in [5, 5.41) is 0. The minimum absolute atomic E-state index is 0.187. The molecule has 0 atom stereocenters. The van der Waals surface area contributed by atoms with Gasteiger partial charge in [-0.25, -0.2) is 9.97 Å². The summed E-state index contributed by atoms with van der Waals surface area (Å²) in [5.74, 6) is 0.559. The molecule has 0 bridgehead atoms. The number of aromatic nitrogens is 3. The molecule has 7 rings (SSSR count). The van der Waals surface area contributed by atoms with E-state index in [0.717, 1.165) is 28.2 Å². The first-order valence-corrected chi connectivity index (χ1v) is 14.7. The molecular formula is C39H33N3O. The van der Waals surface area contributed by atoms with Crippen LogP contribution in [0.5, 0.6) is 0 Å². The van der Waals surface area contributed by atoms with Gasteiger partial charge in [-0.1, -0.05) is 130 Å². The molecule has 0 saturated heterocycles. The zero-order valence-corrected chi connectivity index (χ0v) is 24.9. The quantitative estimate of drug-likeness (QED) is 0.199. The van der Waals surface area contributed by atoms with E-state index in [0.29, 0.717) is 11.4 Å². The summed E-state index contributed by atoms with van der Waals surface area (Å²) in [5.41, 5.74) is 8.56. The Morgan fingerprint density at radius 3 is 1.84 bits per heavy atom. The largest absolute Gasteiger partial charge is 0.333 e. The lowest BCUT2D eigenvalue weighted by molar-refractivity contribution is 0.102. The lowest BCUT2D eigenvalue weighted by Gasteiger charge is -2.34. The number of benzene rings is 4. The van der Waals surface area contributed by atoms with Crippen LogP contribution >= 0.6 is 0 Å². The molecule has 6 aromatic rings. The fourth-order valence-corrected chi connectivity index (χ4v) is 6.49. The Bertz CT molecular complexity index is 1940. The molecular weight excluding hydrogens is 526 g/mol. The number of aryl methyl sites for hydroxylation is 1. The smallest absolute Gasteiger partial charge is 0.231 e. The first-order valence-electron chi connectivity index (χ1n) is 14.7. The van der Waals surface area contributed by atoms with Crippen molar-refractivity contribution in [1.82, 2.24) is 14.5 Å². The van der Waals surface area contributed by atoms with Crippen molar-refractivity contribution in [3.05, 3.63) is 167 Å². The molecule has 210 valence electrons. The molecule has 0 amide bonds. The van der Waals surface area contributed by atoms with Crippen LogP contribution in [0.1, 0.15) is 64.9 Å². The molecule has 1 aliphatic carbocycles. The number of ketones is 1. The van der Waals surface area contributed by atoms with Gasteiger partial charge in [-0.15, -0.1) is 0 Å². The normalized spacial score (nSPS) is 13.4. The molecule has 2 heterocycles. The number of nitrogens with zero attached hydrogens (tertiary/aromatic N) is 3. The molecule has 1 aliphatic rings. The number of carbonyl (C=O) groups is 1. The molecule has 43 heavy (non-hydrogen) atoms. The first-order chi connectivity index (χ1) is 20.8. The molecule has 0 saturated carbocycles. The Kier molecular flexibility index (Phi) is 6.24. The Morgan fingerprint density at radius 2 is 1.23 bits per heavy atom. The van der Waals surface area contributed by atoms with E-state index >= 15 is 0 Å². The van der Waals surface area contributed by atoms with Gasteiger partial charge in [-0.2, -0.15) is 0 Å². The summed E-state index contributed by atoms with van der Waals surface area (Å²) in [6.45, 7) is 6.54. The second-order valence-electron chi connectivity index (χ2n) is 12.3. The molecule has 0 unspecified atom stereocenters. The van der Waals surface area contributed by atoms with Crippen molar-refractivity contribution in [2.24, 2.45) is 7.05 Å². The number of imidazole rings is 1. The van der Waals surface area contributed by atoms with Crippen molar-refractivity contribution in [3.8, 4) is 22.5 Å². The number of fused-ring (bicyclic) bond motifs is 3. The number of hydrogen-bond acceptors (Lipinski definition) is 3. The minimum Gasteiger partial charge on any atom is -0.333 e. The van der Waals surface area contributed by atoms with E-state index in [4.69, 9.17) is 9.97 Å². The maximum Gasteiger partial charge on any atom is 0.231 e. The topological polar surface area (TPSA) is 47.8 Å². The predicted molar refractivity (Wildman–Crippen MR) is 172 cm³/mol. The first kappa shape index (κ1) is 26.8. The van der Waals surface area contributed by atoms with Gasteiger partial charge in [0.1, 0.15) is 17.2 Å². The summed E-state index contributed by atoms with van der Waals surface area (Å²) in [6, 6.07) is 41.9. The standard InChI is InChI=1S/C39H33N3O/c1-38(2,3)28-23-33(36(43)34-25-42(4)37(41-34)26-15-7-5-8-16-26)40-35(24-28)39(27-17-9-6-10-18-27)31-21-13-11-19-29(31)30-20-12-14-22-32(30)39/h5-25H,1-4H3. The number of hydrogen-bond donors (Lipinski definition) is 0. The van der Waals surface area contributed by atoms with Crippen LogP contribution in [0.3, 0.4) is 0 Å². The Morgan fingerprint density at radius 1 is 0.674 bits per heavy atom. The maximum absolute atomic E-state index is 14.3. The average Bonchev–Trinajstić information content (AvgIpc) is 3.57. The van der Waals surface area contributed by atoms with Crippen LogP contribution < -0.4 is 0 Å². The lowest BCUT2D eigenvalue weighted by Crippen LogP contribution is -2.31. The van der Waals surface area contributed by atoms with Crippen LogP contribution in [0.25, 0.3) is 22.5 Å². The van der Waals surface area contributed by atoms with Crippen LogP contribution in [-0.4, -0.2) is 20.3 Å². The minimum atomic E-state index is -0.690. The maximum atomic E-state index is 14.3. The van der Waals surface area contributed by atoms with Gasteiger partial charge in [0.25, 0.3) is 0 Å². The highest BCUT2D eigenvalue weighted by Gasteiger charge is 2.47. The van der Waals surface area contributed by atoms with Gasteiger partial charge in [0.15, 0.2) is 0 Å². The Labute approximate surface area is 252 Å². The summed E-state index contributed by atoms with van der Waals surface area (Å²) in [6.07, 6.45) is 1.81. The van der Waals surface area contributed by atoms with E-state index in [2.05, 4.69) is 99.6 Å². The summed E-state index contributed by atoms with van der Waals surface area (Å²) in [4.78, 5) is 24.3. The molecule has 0 aliphatic heterocycles. The van der Waals surface area contributed by atoms with Crippen molar-refractivity contribution >= 4 is 5.78 Å². The van der Waals surface area contributed by atoms with Gasteiger partial charge >= 0.3 is 0 Å². The van der Waals surface area contributed by atoms with Gasteiger partial charge < -0.3 is 4.57 Å². The molecule has 0 N–H and O–H groups in total. The van der Waals surface area contributed by atoms with E-state index in [1.54, 1.807) is 0 Å². The highest BCUT2D eigenvalue weighted by Crippen LogP contribution is 2.55. The van der Waals surface area contributed by atoms with Gasteiger partial charge in [-0.3, -0.25) is 4.79 Å². The Balaban J connectivity index is 1.50. The molecule has 4 nitrogen and oxygen atoms in total. The van der Waals surface area contributed by atoms with Gasteiger partial charge in [-0.05, 0) is 50.9 Å². The summed E-state index contributed by atoms with van der Waals surface area (Å²) in [7, 11) is 1.92. The number of rotatable bonds is 5. The van der Waals surface area contributed by atoms with Crippen molar-refractivity contribution in [1.29, 1.82) is 0 Å². The zero-order chi connectivity index (χ0) is 29.8. The van der Waals surface area contributed by atoms with Gasteiger partial charge in [0.2, 0.25) is 5.78 Å².